The average molecular weight is 284 g/mol. The number of nitrogens with two attached hydrogens (primary N) is 1. The maximum Gasteiger partial charge on any atom is 0.234 e. The van der Waals surface area contributed by atoms with Gasteiger partial charge in [0, 0.05) is 6.54 Å². The standard InChI is InChI=1S/C17H20N2O2/c1-13(17(18)20)19-11-14-7-9-16(10-8-14)21-12-15-5-3-2-4-6-15/h2-10,13,19H,11-12H2,1H3,(H2,18,20)/t13-/m0/s1. The third-order valence-corrected chi connectivity index (χ3v) is 3.21. The van der Waals surface area contributed by atoms with Gasteiger partial charge in [-0.2, -0.15) is 0 Å². The van der Waals surface area contributed by atoms with E-state index in [1.807, 2.05) is 54.6 Å². The Hall–Kier alpha value is -2.33. The number of hydrogen-bond acceptors (Lipinski definition) is 3. The Balaban J connectivity index is 1.83. The van der Waals surface area contributed by atoms with E-state index in [0.717, 1.165) is 16.9 Å². The number of rotatable bonds is 7. The zero-order valence-corrected chi connectivity index (χ0v) is 12.1. The lowest BCUT2D eigenvalue weighted by molar-refractivity contribution is -0.119. The number of nitrogens with one attached hydrogen (secondary N) is 1. The zero-order valence-electron chi connectivity index (χ0n) is 12.1. The van der Waals surface area contributed by atoms with Gasteiger partial charge in [-0.15, -0.1) is 0 Å². The number of ether oxygens (including phenoxy) is 1. The maximum atomic E-state index is 10.9. The van der Waals surface area contributed by atoms with E-state index in [1.54, 1.807) is 6.92 Å². The molecular formula is C17H20N2O2. The van der Waals surface area contributed by atoms with E-state index < -0.39 is 0 Å². The van der Waals surface area contributed by atoms with E-state index in [9.17, 15) is 4.79 Å². The summed E-state index contributed by atoms with van der Waals surface area (Å²) in [6.07, 6.45) is 0. The molecule has 21 heavy (non-hydrogen) atoms. The summed E-state index contributed by atoms with van der Waals surface area (Å²) >= 11 is 0. The molecule has 0 radical (unpaired) electrons. The van der Waals surface area contributed by atoms with Crippen molar-refractivity contribution in [2.24, 2.45) is 5.73 Å². The molecule has 4 heteroatoms. The molecule has 0 spiro atoms. The molecule has 0 fully saturated rings. The highest BCUT2D eigenvalue weighted by atomic mass is 16.5. The minimum Gasteiger partial charge on any atom is -0.489 e. The van der Waals surface area contributed by atoms with Crippen LogP contribution in [-0.4, -0.2) is 11.9 Å². The Labute approximate surface area is 124 Å². The summed E-state index contributed by atoms with van der Waals surface area (Å²) in [5.74, 6) is 0.475. The molecule has 2 rings (SSSR count). The highest BCUT2D eigenvalue weighted by Crippen LogP contribution is 2.14. The molecule has 0 aliphatic carbocycles. The molecule has 0 bridgehead atoms. The summed E-state index contributed by atoms with van der Waals surface area (Å²) in [7, 11) is 0. The molecule has 0 aliphatic heterocycles. The summed E-state index contributed by atoms with van der Waals surface area (Å²) in [5, 5.41) is 3.06. The highest BCUT2D eigenvalue weighted by molar-refractivity contribution is 5.79. The fourth-order valence-electron chi connectivity index (χ4n) is 1.82. The first-order valence-corrected chi connectivity index (χ1v) is 6.93. The van der Waals surface area contributed by atoms with Gasteiger partial charge in [0.05, 0.1) is 6.04 Å². The molecule has 4 nitrogen and oxygen atoms in total. The Bertz CT molecular complexity index is 567. The lowest BCUT2D eigenvalue weighted by atomic mass is 10.2. The second-order valence-electron chi connectivity index (χ2n) is 4.92. The van der Waals surface area contributed by atoms with Crippen LogP contribution in [0.4, 0.5) is 0 Å². The van der Waals surface area contributed by atoms with Crippen LogP contribution >= 0.6 is 0 Å². The van der Waals surface area contributed by atoms with Gasteiger partial charge in [0.25, 0.3) is 0 Å². The van der Waals surface area contributed by atoms with Crippen molar-refractivity contribution in [2.75, 3.05) is 0 Å². The van der Waals surface area contributed by atoms with Crippen molar-refractivity contribution < 1.29 is 9.53 Å². The third kappa shape index (κ3) is 4.93. The molecular weight excluding hydrogens is 264 g/mol. The van der Waals surface area contributed by atoms with E-state index in [1.165, 1.54) is 0 Å². The lowest BCUT2D eigenvalue weighted by Crippen LogP contribution is -2.38. The highest BCUT2D eigenvalue weighted by Gasteiger charge is 2.06. The number of amides is 1. The van der Waals surface area contributed by atoms with Crippen molar-refractivity contribution in [3.63, 3.8) is 0 Å². The van der Waals surface area contributed by atoms with Crippen molar-refractivity contribution in [3.05, 3.63) is 65.7 Å². The third-order valence-electron chi connectivity index (χ3n) is 3.21. The van der Waals surface area contributed by atoms with Crippen LogP contribution in [0.5, 0.6) is 5.75 Å². The summed E-state index contributed by atoms with van der Waals surface area (Å²) in [6, 6.07) is 17.5. The first kappa shape index (κ1) is 15.1. The van der Waals surface area contributed by atoms with E-state index in [0.29, 0.717) is 13.2 Å². The van der Waals surface area contributed by atoms with E-state index in [2.05, 4.69) is 5.32 Å². The van der Waals surface area contributed by atoms with Crippen LogP contribution < -0.4 is 15.8 Å². The molecule has 2 aromatic rings. The molecule has 0 saturated heterocycles. The van der Waals surface area contributed by atoms with Crippen LogP contribution in [0.3, 0.4) is 0 Å². The van der Waals surface area contributed by atoms with Gasteiger partial charge in [-0.05, 0) is 30.2 Å². The minimum atomic E-state index is -0.349. The fraction of sp³-hybridized carbons (Fsp3) is 0.235. The smallest absolute Gasteiger partial charge is 0.234 e. The second-order valence-corrected chi connectivity index (χ2v) is 4.92. The van der Waals surface area contributed by atoms with E-state index >= 15 is 0 Å². The van der Waals surface area contributed by atoms with Crippen molar-refractivity contribution in [2.45, 2.75) is 26.1 Å². The molecule has 0 heterocycles. The van der Waals surface area contributed by atoms with Crippen LogP contribution in [0.15, 0.2) is 54.6 Å². The number of hydrogen-bond donors (Lipinski definition) is 2. The summed E-state index contributed by atoms with van der Waals surface area (Å²) in [6.45, 7) is 2.90. The van der Waals surface area contributed by atoms with Gasteiger partial charge in [-0.3, -0.25) is 4.79 Å². The quantitative estimate of drug-likeness (QED) is 0.819. The Morgan fingerprint density at radius 2 is 1.76 bits per heavy atom. The van der Waals surface area contributed by atoms with Gasteiger partial charge >= 0.3 is 0 Å². The molecule has 110 valence electrons. The van der Waals surface area contributed by atoms with Crippen molar-refractivity contribution in [3.8, 4) is 5.75 Å². The second kappa shape index (κ2) is 7.45. The van der Waals surface area contributed by atoms with Gasteiger partial charge in [0.15, 0.2) is 0 Å². The summed E-state index contributed by atoms with van der Waals surface area (Å²) in [4.78, 5) is 10.9. The van der Waals surface area contributed by atoms with Gasteiger partial charge in [0.2, 0.25) is 5.91 Å². The molecule has 1 amide bonds. The van der Waals surface area contributed by atoms with E-state index in [4.69, 9.17) is 10.5 Å². The van der Waals surface area contributed by atoms with E-state index in [-0.39, 0.29) is 11.9 Å². The first-order valence-electron chi connectivity index (χ1n) is 6.93. The molecule has 0 aliphatic rings. The lowest BCUT2D eigenvalue weighted by Gasteiger charge is -2.11. The predicted molar refractivity (Wildman–Crippen MR) is 82.7 cm³/mol. The maximum absolute atomic E-state index is 10.9. The van der Waals surface area contributed by atoms with Gasteiger partial charge in [0.1, 0.15) is 12.4 Å². The Morgan fingerprint density at radius 3 is 2.38 bits per heavy atom. The van der Waals surface area contributed by atoms with Crippen LogP contribution in [0.2, 0.25) is 0 Å². The zero-order chi connectivity index (χ0) is 15.1. The van der Waals surface area contributed by atoms with Gasteiger partial charge in [-0.25, -0.2) is 0 Å². The summed E-state index contributed by atoms with van der Waals surface area (Å²) < 4.78 is 5.72. The molecule has 2 aromatic carbocycles. The minimum absolute atomic E-state index is 0.334. The van der Waals surface area contributed by atoms with Crippen LogP contribution in [0.25, 0.3) is 0 Å². The predicted octanol–water partition coefficient (Wildman–Crippen LogP) is 2.23. The van der Waals surface area contributed by atoms with Crippen LogP contribution in [-0.2, 0) is 17.9 Å². The number of carbonyl (C=O) groups excluding carboxylic acids is 1. The Kier molecular flexibility index (Phi) is 5.35. The number of benzene rings is 2. The van der Waals surface area contributed by atoms with Crippen molar-refractivity contribution in [1.82, 2.24) is 5.32 Å². The van der Waals surface area contributed by atoms with Gasteiger partial charge in [-0.1, -0.05) is 42.5 Å². The largest absolute Gasteiger partial charge is 0.489 e. The topological polar surface area (TPSA) is 64.3 Å². The first-order chi connectivity index (χ1) is 10.1. The van der Waals surface area contributed by atoms with Crippen molar-refractivity contribution in [1.29, 1.82) is 0 Å². The van der Waals surface area contributed by atoms with Crippen molar-refractivity contribution >= 4 is 5.91 Å². The molecule has 3 N–H and O–H groups in total. The fourth-order valence-corrected chi connectivity index (χ4v) is 1.82. The number of carbonyl (C=O) groups is 1. The number of primary amides is 1. The molecule has 0 aromatic heterocycles. The SMILES string of the molecule is C[C@H](NCc1ccc(OCc2ccccc2)cc1)C(N)=O. The molecule has 0 saturated carbocycles. The van der Waals surface area contributed by atoms with Gasteiger partial charge < -0.3 is 15.8 Å². The monoisotopic (exact) mass is 284 g/mol. The average Bonchev–Trinajstić information content (AvgIpc) is 2.52. The van der Waals surface area contributed by atoms with Crippen LogP contribution in [0.1, 0.15) is 18.1 Å². The molecule has 0 unspecified atom stereocenters. The Morgan fingerprint density at radius 1 is 1.10 bits per heavy atom. The summed E-state index contributed by atoms with van der Waals surface area (Å²) in [5.41, 5.74) is 7.41. The molecule has 1 atom stereocenters. The normalized spacial score (nSPS) is 11.9. The van der Waals surface area contributed by atoms with Crippen LogP contribution in [0, 0.1) is 0 Å².